The third-order valence-corrected chi connectivity index (χ3v) is 4.57. The number of rotatable bonds is 4. The standard InChI is InChI=1S/C22H20N4/c1-15-6-4-5-7-20(15)18-12-17-8-9-19(13-21(17)23-14-18)25-16(2)22-10-11-24-26(22)3/h4-14,25H,2H2,1,3H3. The summed E-state index contributed by atoms with van der Waals surface area (Å²) in [5.41, 5.74) is 7.27. The average molecular weight is 340 g/mol. The summed E-state index contributed by atoms with van der Waals surface area (Å²) < 4.78 is 1.79. The van der Waals surface area contributed by atoms with Gasteiger partial charge in [0.25, 0.3) is 0 Å². The van der Waals surface area contributed by atoms with Crippen molar-refractivity contribution >= 4 is 22.3 Å². The summed E-state index contributed by atoms with van der Waals surface area (Å²) in [7, 11) is 1.90. The van der Waals surface area contributed by atoms with E-state index in [2.05, 4.69) is 65.3 Å². The molecule has 2 aromatic carbocycles. The fourth-order valence-electron chi connectivity index (χ4n) is 3.15. The minimum absolute atomic E-state index is 0.806. The lowest BCUT2D eigenvalue weighted by molar-refractivity contribution is 0.756. The monoisotopic (exact) mass is 340 g/mol. The van der Waals surface area contributed by atoms with Crippen LogP contribution in [0.3, 0.4) is 0 Å². The number of nitrogens with zero attached hydrogens (tertiary/aromatic N) is 3. The Balaban J connectivity index is 1.64. The van der Waals surface area contributed by atoms with Crippen molar-refractivity contribution in [1.82, 2.24) is 14.8 Å². The molecular weight excluding hydrogens is 320 g/mol. The van der Waals surface area contributed by atoms with Crippen LogP contribution in [0.25, 0.3) is 27.7 Å². The summed E-state index contributed by atoms with van der Waals surface area (Å²) in [6.45, 7) is 6.23. The highest BCUT2D eigenvalue weighted by Gasteiger charge is 2.07. The third-order valence-electron chi connectivity index (χ3n) is 4.57. The molecule has 2 heterocycles. The Kier molecular flexibility index (Phi) is 4.01. The first kappa shape index (κ1) is 16.1. The second kappa shape index (κ2) is 6.48. The predicted octanol–water partition coefficient (Wildman–Crippen LogP) is 5.03. The number of benzene rings is 2. The van der Waals surface area contributed by atoms with Crippen molar-refractivity contribution in [2.75, 3.05) is 5.32 Å². The van der Waals surface area contributed by atoms with Crippen LogP contribution in [-0.2, 0) is 7.05 Å². The van der Waals surface area contributed by atoms with Crippen molar-refractivity contribution in [3.8, 4) is 11.1 Å². The van der Waals surface area contributed by atoms with E-state index in [-0.39, 0.29) is 0 Å². The fraction of sp³-hybridized carbons (Fsp3) is 0.0909. The number of pyridine rings is 1. The molecule has 0 fully saturated rings. The van der Waals surface area contributed by atoms with Crippen LogP contribution in [0.15, 0.2) is 73.6 Å². The third kappa shape index (κ3) is 2.97. The number of fused-ring (bicyclic) bond motifs is 1. The molecule has 0 bridgehead atoms. The zero-order valence-corrected chi connectivity index (χ0v) is 14.9. The highest BCUT2D eigenvalue weighted by Crippen LogP contribution is 2.27. The molecular formula is C22H20N4. The second-order valence-corrected chi connectivity index (χ2v) is 6.39. The van der Waals surface area contributed by atoms with E-state index in [0.29, 0.717) is 0 Å². The van der Waals surface area contributed by atoms with E-state index in [9.17, 15) is 0 Å². The summed E-state index contributed by atoms with van der Waals surface area (Å²) in [4.78, 5) is 4.66. The van der Waals surface area contributed by atoms with Crippen molar-refractivity contribution in [3.05, 3.63) is 84.8 Å². The molecule has 0 aliphatic heterocycles. The number of hydrogen-bond acceptors (Lipinski definition) is 3. The number of nitrogens with one attached hydrogen (secondary N) is 1. The number of aryl methyl sites for hydroxylation is 2. The SMILES string of the molecule is C=C(Nc1ccc2cc(-c3ccccc3C)cnc2c1)c1ccnn1C. The van der Waals surface area contributed by atoms with Gasteiger partial charge in [0.05, 0.1) is 16.9 Å². The van der Waals surface area contributed by atoms with Crippen molar-refractivity contribution < 1.29 is 0 Å². The van der Waals surface area contributed by atoms with Gasteiger partial charge in [0.1, 0.15) is 0 Å². The van der Waals surface area contributed by atoms with Crippen LogP contribution in [0, 0.1) is 6.92 Å². The van der Waals surface area contributed by atoms with Crippen molar-refractivity contribution in [3.63, 3.8) is 0 Å². The number of hydrogen-bond donors (Lipinski definition) is 1. The summed E-state index contributed by atoms with van der Waals surface area (Å²) in [6.07, 6.45) is 3.70. The minimum atomic E-state index is 0.806. The van der Waals surface area contributed by atoms with E-state index in [4.69, 9.17) is 0 Å². The average Bonchev–Trinajstić information content (AvgIpc) is 3.08. The Morgan fingerprint density at radius 2 is 1.92 bits per heavy atom. The molecule has 4 aromatic rings. The second-order valence-electron chi connectivity index (χ2n) is 6.39. The van der Waals surface area contributed by atoms with E-state index in [0.717, 1.165) is 33.5 Å². The molecule has 4 heteroatoms. The van der Waals surface area contributed by atoms with Gasteiger partial charge in [-0.3, -0.25) is 9.67 Å². The lowest BCUT2D eigenvalue weighted by atomic mass is 10.0. The predicted molar refractivity (Wildman–Crippen MR) is 108 cm³/mol. The van der Waals surface area contributed by atoms with Gasteiger partial charge >= 0.3 is 0 Å². The molecule has 0 aliphatic carbocycles. The van der Waals surface area contributed by atoms with Crippen LogP contribution >= 0.6 is 0 Å². The Hall–Kier alpha value is -3.40. The lowest BCUT2D eigenvalue weighted by Crippen LogP contribution is -2.03. The topological polar surface area (TPSA) is 42.7 Å². The number of anilines is 1. The first-order valence-corrected chi connectivity index (χ1v) is 8.52. The van der Waals surface area contributed by atoms with Gasteiger partial charge in [-0.15, -0.1) is 0 Å². The van der Waals surface area contributed by atoms with Gasteiger partial charge < -0.3 is 5.32 Å². The largest absolute Gasteiger partial charge is 0.354 e. The van der Waals surface area contributed by atoms with Gasteiger partial charge in [-0.25, -0.2) is 0 Å². The summed E-state index contributed by atoms with van der Waals surface area (Å²) >= 11 is 0. The zero-order chi connectivity index (χ0) is 18.1. The molecule has 128 valence electrons. The summed E-state index contributed by atoms with van der Waals surface area (Å²) in [5, 5.41) is 8.63. The van der Waals surface area contributed by atoms with Gasteiger partial charge in [0, 0.05) is 36.1 Å². The highest BCUT2D eigenvalue weighted by molar-refractivity contribution is 5.88. The van der Waals surface area contributed by atoms with E-state index in [1.165, 1.54) is 11.1 Å². The molecule has 26 heavy (non-hydrogen) atoms. The van der Waals surface area contributed by atoms with Crippen LogP contribution in [0.4, 0.5) is 5.69 Å². The fourth-order valence-corrected chi connectivity index (χ4v) is 3.15. The van der Waals surface area contributed by atoms with E-state index in [1.807, 2.05) is 31.4 Å². The van der Waals surface area contributed by atoms with E-state index >= 15 is 0 Å². The zero-order valence-electron chi connectivity index (χ0n) is 14.9. The van der Waals surface area contributed by atoms with Crippen LogP contribution in [0.2, 0.25) is 0 Å². The van der Waals surface area contributed by atoms with Crippen molar-refractivity contribution in [2.45, 2.75) is 6.92 Å². The molecule has 0 unspecified atom stereocenters. The van der Waals surface area contributed by atoms with E-state index < -0.39 is 0 Å². The Morgan fingerprint density at radius 3 is 2.69 bits per heavy atom. The summed E-state index contributed by atoms with van der Waals surface area (Å²) in [6, 6.07) is 18.7. The maximum absolute atomic E-state index is 4.66. The lowest BCUT2D eigenvalue weighted by Gasteiger charge is -2.11. The van der Waals surface area contributed by atoms with Gasteiger partial charge in [-0.1, -0.05) is 36.9 Å². The molecule has 0 amide bonds. The van der Waals surface area contributed by atoms with Gasteiger partial charge in [-0.05, 0) is 42.3 Å². The Bertz CT molecular complexity index is 1110. The van der Waals surface area contributed by atoms with Crippen LogP contribution in [0.1, 0.15) is 11.3 Å². The van der Waals surface area contributed by atoms with Crippen molar-refractivity contribution in [1.29, 1.82) is 0 Å². The first-order valence-electron chi connectivity index (χ1n) is 8.52. The van der Waals surface area contributed by atoms with Crippen LogP contribution < -0.4 is 5.32 Å². The smallest absolute Gasteiger partial charge is 0.0835 e. The van der Waals surface area contributed by atoms with Gasteiger partial charge in [-0.2, -0.15) is 5.10 Å². The minimum Gasteiger partial charge on any atom is -0.354 e. The van der Waals surface area contributed by atoms with Gasteiger partial charge in [0.15, 0.2) is 0 Å². The molecule has 4 rings (SSSR count). The van der Waals surface area contributed by atoms with Crippen LogP contribution in [0.5, 0.6) is 0 Å². The quantitative estimate of drug-likeness (QED) is 0.567. The normalized spacial score (nSPS) is 10.8. The molecule has 0 saturated heterocycles. The molecule has 0 saturated carbocycles. The number of aromatic nitrogens is 3. The molecule has 2 aromatic heterocycles. The molecule has 0 atom stereocenters. The molecule has 4 nitrogen and oxygen atoms in total. The Morgan fingerprint density at radius 1 is 1.08 bits per heavy atom. The Labute approximate surface area is 152 Å². The van der Waals surface area contributed by atoms with E-state index in [1.54, 1.807) is 10.9 Å². The summed E-state index contributed by atoms with van der Waals surface area (Å²) in [5.74, 6) is 0. The van der Waals surface area contributed by atoms with Crippen LogP contribution in [-0.4, -0.2) is 14.8 Å². The van der Waals surface area contributed by atoms with Gasteiger partial charge in [0.2, 0.25) is 0 Å². The highest BCUT2D eigenvalue weighted by atomic mass is 15.3. The molecule has 0 aliphatic rings. The molecule has 1 N–H and O–H groups in total. The molecule has 0 radical (unpaired) electrons. The maximum atomic E-state index is 4.66. The van der Waals surface area contributed by atoms with Crippen molar-refractivity contribution in [2.24, 2.45) is 7.05 Å². The maximum Gasteiger partial charge on any atom is 0.0835 e. The first-order chi connectivity index (χ1) is 12.6. The molecule has 0 spiro atoms.